The highest BCUT2D eigenvalue weighted by Gasteiger charge is 2.24. The van der Waals surface area contributed by atoms with E-state index in [-0.39, 0.29) is 5.91 Å². The SMILES string of the molecule is Cc1sc(N)nc1-c1ccc2c(c1)NC(=O)C(C)O2. The van der Waals surface area contributed by atoms with Crippen molar-refractivity contribution in [2.75, 3.05) is 11.1 Å². The molecule has 0 aliphatic carbocycles. The van der Waals surface area contributed by atoms with Crippen LogP contribution < -0.4 is 15.8 Å². The monoisotopic (exact) mass is 275 g/mol. The van der Waals surface area contributed by atoms with Crippen molar-refractivity contribution in [2.45, 2.75) is 20.0 Å². The number of nitrogen functional groups attached to an aromatic ring is 1. The summed E-state index contributed by atoms with van der Waals surface area (Å²) in [7, 11) is 0. The highest BCUT2D eigenvalue weighted by Crippen LogP contribution is 2.36. The Morgan fingerprint density at radius 2 is 2.26 bits per heavy atom. The Morgan fingerprint density at radius 3 is 2.95 bits per heavy atom. The van der Waals surface area contributed by atoms with Crippen LogP contribution in [0.25, 0.3) is 11.3 Å². The van der Waals surface area contributed by atoms with Gasteiger partial charge < -0.3 is 15.8 Å². The number of carbonyl (C=O) groups excluding carboxylic acids is 1. The van der Waals surface area contributed by atoms with Crippen molar-refractivity contribution >= 4 is 28.1 Å². The number of hydrogen-bond acceptors (Lipinski definition) is 5. The van der Waals surface area contributed by atoms with Gasteiger partial charge in [-0.1, -0.05) is 0 Å². The maximum atomic E-state index is 11.6. The summed E-state index contributed by atoms with van der Waals surface area (Å²) in [6.45, 7) is 3.69. The molecule has 0 fully saturated rings. The minimum absolute atomic E-state index is 0.140. The summed E-state index contributed by atoms with van der Waals surface area (Å²) in [5.74, 6) is 0.538. The third-order valence-corrected chi connectivity index (χ3v) is 3.80. The quantitative estimate of drug-likeness (QED) is 0.838. The molecule has 1 aromatic heterocycles. The first-order chi connectivity index (χ1) is 9.04. The Morgan fingerprint density at radius 1 is 1.47 bits per heavy atom. The van der Waals surface area contributed by atoms with Crippen molar-refractivity contribution in [3.8, 4) is 17.0 Å². The number of carbonyl (C=O) groups is 1. The number of fused-ring (bicyclic) bond motifs is 1. The Labute approximate surface area is 114 Å². The number of nitrogens with zero attached hydrogens (tertiary/aromatic N) is 1. The minimum Gasteiger partial charge on any atom is -0.479 e. The predicted octanol–water partition coefficient (Wildman–Crippen LogP) is 2.42. The van der Waals surface area contributed by atoms with Gasteiger partial charge in [-0.15, -0.1) is 11.3 Å². The molecule has 2 heterocycles. The van der Waals surface area contributed by atoms with Crippen molar-refractivity contribution in [1.29, 1.82) is 0 Å². The molecule has 98 valence electrons. The second-order valence-electron chi connectivity index (χ2n) is 4.42. The normalized spacial score (nSPS) is 17.6. The van der Waals surface area contributed by atoms with Gasteiger partial charge in [-0.3, -0.25) is 4.79 Å². The Kier molecular flexibility index (Phi) is 2.67. The maximum Gasteiger partial charge on any atom is 0.265 e. The Balaban J connectivity index is 2.05. The van der Waals surface area contributed by atoms with Gasteiger partial charge in [0, 0.05) is 10.4 Å². The van der Waals surface area contributed by atoms with Gasteiger partial charge in [0.2, 0.25) is 0 Å². The number of hydrogen-bond donors (Lipinski definition) is 2. The molecule has 0 saturated carbocycles. The molecule has 1 amide bonds. The summed E-state index contributed by atoms with van der Waals surface area (Å²) >= 11 is 1.45. The second-order valence-corrected chi connectivity index (χ2v) is 5.65. The zero-order chi connectivity index (χ0) is 13.6. The lowest BCUT2D eigenvalue weighted by Crippen LogP contribution is -2.34. The van der Waals surface area contributed by atoms with Crippen LogP contribution in [0.4, 0.5) is 10.8 Å². The van der Waals surface area contributed by atoms with Gasteiger partial charge in [0.15, 0.2) is 11.2 Å². The van der Waals surface area contributed by atoms with Crippen LogP contribution in [0, 0.1) is 6.92 Å². The van der Waals surface area contributed by atoms with Crippen molar-refractivity contribution < 1.29 is 9.53 Å². The number of anilines is 2. The van der Waals surface area contributed by atoms with Crippen molar-refractivity contribution in [3.63, 3.8) is 0 Å². The molecule has 3 N–H and O–H groups in total. The molecule has 0 bridgehead atoms. The number of nitrogens with two attached hydrogens (primary N) is 1. The fourth-order valence-electron chi connectivity index (χ4n) is 2.04. The minimum atomic E-state index is -0.463. The average molecular weight is 275 g/mol. The molecular formula is C13H13N3O2S. The summed E-state index contributed by atoms with van der Waals surface area (Å²) in [6.07, 6.45) is -0.463. The highest BCUT2D eigenvalue weighted by molar-refractivity contribution is 7.15. The van der Waals surface area contributed by atoms with Gasteiger partial charge in [-0.05, 0) is 32.0 Å². The van der Waals surface area contributed by atoms with Crippen LogP contribution in [-0.2, 0) is 4.79 Å². The lowest BCUT2D eigenvalue weighted by molar-refractivity contribution is -0.122. The van der Waals surface area contributed by atoms with Gasteiger partial charge in [0.25, 0.3) is 5.91 Å². The first-order valence-electron chi connectivity index (χ1n) is 5.89. The lowest BCUT2D eigenvalue weighted by Gasteiger charge is -2.23. The average Bonchev–Trinajstić information content (AvgIpc) is 2.69. The summed E-state index contributed by atoms with van der Waals surface area (Å²) in [4.78, 5) is 17.0. The lowest BCUT2D eigenvalue weighted by atomic mass is 10.1. The molecule has 3 rings (SSSR count). The Bertz CT molecular complexity index is 666. The number of thiazole rings is 1. The largest absolute Gasteiger partial charge is 0.479 e. The van der Waals surface area contributed by atoms with E-state index in [2.05, 4.69) is 10.3 Å². The maximum absolute atomic E-state index is 11.6. The van der Waals surface area contributed by atoms with Gasteiger partial charge >= 0.3 is 0 Å². The van der Waals surface area contributed by atoms with Crippen LogP contribution in [0.5, 0.6) is 5.75 Å². The number of aryl methyl sites for hydroxylation is 1. The predicted molar refractivity (Wildman–Crippen MR) is 75.4 cm³/mol. The summed E-state index contributed by atoms with van der Waals surface area (Å²) in [5, 5.41) is 3.37. The molecule has 5 nitrogen and oxygen atoms in total. The summed E-state index contributed by atoms with van der Waals surface area (Å²) in [6, 6.07) is 5.63. The number of nitrogens with one attached hydrogen (secondary N) is 1. The van der Waals surface area contributed by atoms with Gasteiger partial charge in [0.05, 0.1) is 11.4 Å². The van der Waals surface area contributed by atoms with Crippen LogP contribution >= 0.6 is 11.3 Å². The molecular weight excluding hydrogens is 262 g/mol. The third kappa shape index (κ3) is 2.04. The van der Waals surface area contributed by atoms with E-state index < -0.39 is 6.10 Å². The molecule has 1 aromatic carbocycles. The number of amides is 1. The van der Waals surface area contributed by atoms with E-state index in [1.807, 2.05) is 25.1 Å². The van der Waals surface area contributed by atoms with Crippen LogP contribution in [0.15, 0.2) is 18.2 Å². The van der Waals surface area contributed by atoms with Crippen LogP contribution in [0.3, 0.4) is 0 Å². The molecule has 6 heteroatoms. The standard InChI is InChI=1S/C13H13N3O2S/c1-6-12(17)15-9-5-8(3-4-10(9)18-6)11-7(2)19-13(14)16-11/h3-6H,1-2H3,(H2,14,16)(H,15,17). The van der Waals surface area contributed by atoms with E-state index in [0.29, 0.717) is 16.6 Å². The molecule has 1 atom stereocenters. The molecule has 0 saturated heterocycles. The van der Waals surface area contributed by atoms with E-state index in [1.165, 1.54) is 11.3 Å². The van der Waals surface area contributed by atoms with Gasteiger partial charge in [-0.25, -0.2) is 4.98 Å². The fourth-order valence-corrected chi connectivity index (χ4v) is 2.75. The topological polar surface area (TPSA) is 77.2 Å². The Hall–Kier alpha value is -2.08. The molecule has 19 heavy (non-hydrogen) atoms. The van der Waals surface area contributed by atoms with Crippen molar-refractivity contribution in [3.05, 3.63) is 23.1 Å². The third-order valence-electron chi connectivity index (χ3n) is 3.00. The molecule has 1 aliphatic rings. The first kappa shape index (κ1) is 12.0. The fraction of sp³-hybridized carbons (Fsp3) is 0.231. The summed E-state index contributed by atoms with van der Waals surface area (Å²) < 4.78 is 5.52. The number of ether oxygens (including phenoxy) is 1. The summed E-state index contributed by atoms with van der Waals surface area (Å²) in [5.41, 5.74) is 8.15. The highest BCUT2D eigenvalue weighted by atomic mass is 32.1. The van der Waals surface area contributed by atoms with Gasteiger partial charge in [0.1, 0.15) is 5.75 Å². The van der Waals surface area contributed by atoms with Gasteiger partial charge in [-0.2, -0.15) is 0 Å². The van der Waals surface area contributed by atoms with Crippen molar-refractivity contribution in [1.82, 2.24) is 4.98 Å². The molecule has 0 spiro atoms. The van der Waals surface area contributed by atoms with Crippen molar-refractivity contribution in [2.24, 2.45) is 0 Å². The van der Waals surface area contributed by atoms with E-state index in [9.17, 15) is 4.79 Å². The van der Waals surface area contributed by atoms with E-state index in [1.54, 1.807) is 6.92 Å². The second kappa shape index (κ2) is 4.24. The van der Waals surface area contributed by atoms with Crippen LogP contribution in [-0.4, -0.2) is 17.0 Å². The van der Waals surface area contributed by atoms with E-state index >= 15 is 0 Å². The van der Waals surface area contributed by atoms with Crippen LogP contribution in [0.1, 0.15) is 11.8 Å². The van der Waals surface area contributed by atoms with E-state index in [0.717, 1.165) is 16.1 Å². The number of benzene rings is 1. The molecule has 1 unspecified atom stereocenters. The zero-order valence-corrected chi connectivity index (χ0v) is 11.4. The van der Waals surface area contributed by atoms with E-state index in [4.69, 9.17) is 10.5 Å². The molecule has 1 aliphatic heterocycles. The first-order valence-corrected chi connectivity index (χ1v) is 6.71. The number of aromatic nitrogens is 1. The molecule has 0 radical (unpaired) electrons. The van der Waals surface area contributed by atoms with Crippen LogP contribution in [0.2, 0.25) is 0 Å². The molecule has 2 aromatic rings. The number of rotatable bonds is 1. The smallest absolute Gasteiger partial charge is 0.265 e. The zero-order valence-electron chi connectivity index (χ0n) is 10.6.